The van der Waals surface area contributed by atoms with Gasteiger partial charge in [0.05, 0.1) is 21.7 Å². The number of anilines is 4. The average Bonchev–Trinajstić information content (AvgIpc) is 3.16. The highest BCUT2D eigenvalue weighted by Gasteiger charge is 2.24. The van der Waals surface area contributed by atoms with E-state index in [-0.39, 0.29) is 17.3 Å². The van der Waals surface area contributed by atoms with E-state index < -0.39 is 4.92 Å². The molecule has 2 N–H and O–H groups in total. The molecule has 0 spiro atoms. The predicted molar refractivity (Wildman–Crippen MR) is 126 cm³/mol. The fraction of sp³-hybridized carbons (Fsp3) is 0.227. The molecule has 0 saturated carbocycles. The summed E-state index contributed by atoms with van der Waals surface area (Å²) in [6.45, 7) is 4.76. The highest BCUT2D eigenvalue weighted by Crippen LogP contribution is 2.35. The van der Waals surface area contributed by atoms with Crippen LogP contribution in [0.5, 0.6) is 5.75 Å². The summed E-state index contributed by atoms with van der Waals surface area (Å²) < 4.78 is 6.64. The van der Waals surface area contributed by atoms with Gasteiger partial charge in [0.15, 0.2) is 5.13 Å². The highest BCUT2D eigenvalue weighted by atomic mass is 32.1. The zero-order valence-electron chi connectivity index (χ0n) is 17.7. The molecule has 9 nitrogen and oxygen atoms in total. The van der Waals surface area contributed by atoms with E-state index in [0.29, 0.717) is 17.4 Å². The van der Waals surface area contributed by atoms with Gasteiger partial charge in [-0.05, 0) is 55.3 Å². The van der Waals surface area contributed by atoms with Crippen molar-refractivity contribution in [3.8, 4) is 5.75 Å². The maximum atomic E-state index is 11.8. The molecule has 10 heteroatoms. The van der Waals surface area contributed by atoms with E-state index in [0.717, 1.165) is 34.4 Å². The molecular weight excluding hydrogens is 428 g/mol. The Labute approximate surface area is 188 Å². The van der Waals surface area contributed by atoms with E-state index in [9.17, 15) is 10.1 Å². The van der Waals surface area contributed by atoms with Gasteiger partial charge in [0.2, 0.25) is 11.6 Å². The van der Waals surface area contributed by atoms with Crippen molar-refractivity contribution in [3.05, 3.63) is 64.5 Å². The van der Waals surface area contributed by atoms with E-state index in [4.69, 9.17) is 4.74 Å². The third-order valence-corrected chi connectivity index (χ3v) is 5.59. The number of nitro groups is 1. The number of hydrogen-bond donors (Lipinski definition) is 2. The van der Waals surface area contributed by atoms with Crippen molar-refractivity contribution >= 4 is 49.7 Å². The zero-order chi connectivity index (χ0) is 22.5. The number of nitrogens with one attached hydrogen (secondary N) is 2. The molecule has 0 aliphatic carbocycles. The molecule has 0 aliphatic rings. The van der Waals surface area contributed by atoms with Crippen LogP contribution in [0, 0.1) is 17.0 Å². The normalized spacial score (nSPS) is 10.8. The Kier molecular flexibility index (Phi) is 6.41. The van der Waals surface area contributed by atoms with Gasteiger partial charge in [-0.3, -0.25) is 10.1 Å². The summed E-state index contributed by atoms with van der Waals surface area (Å²) in [4.78, 5) is 24.0. The van der Waals surface area contributed by atoms with Crippen molar-refractivity contribution < 1.29 is 9.66 Å². The maximum absolute atomic E-state index is 11.8. The van der Waals surface area contributed by atoms with Gasteiger partial charge in [0.1, 0.15) is 12.1 Å². The lowest BCUT2D eigenvalue weighted by Crippen LogP contribution is -2.05. The molecule has 0 atom stereocenters. The predicted octanol–water partition coefficient (Wildman–Crippen LogP) is 5.97. The smallest absolute Gasteiger partial charge is 0.353 e. The lowest BCUT2D eigenvalue weighted by atomic mass is 10.2. The molecule has 4 rings (SSSR count). The fourth-order valence-corrected chi connectivity index (χ4v) is 3.99. The van der Waals surface area contributed by atoms with Crippen molar-refractivity contribution in [2.45, 2.75) is 26.7 Å². The number of fused-ring (bicyclic) bond motifs is 1. The van der Waals surface area contributed by atoms with Crippen molar-refractivity contribution in [2.24, 2.45) is 0 Å². The van der Waals surface area contributed by atoms with E-state index >= 15 is 0 Å². The standard InChI is InChI=1S/C22H22N6O3S/c1-3-4-11-31-16-8-6-15(7-9-16)25-20-19(28(29)30)21(24-13-23-20)27-22-26-17-10-5-14(2)12-18(17)32-22/h5-10,12-13H,3-4,11H2,1-2H3,(H2,23,24,25,26,27). The molecule has 0 unspecified atom stereocenters. The second-order valence-electron chi connectivity index (χ2n) is 7.14. The van der Waals surface area contributed by atoms with E-state index in [1.54, 1.807) is 12.1 Å². The maximum Gasteiger partial charge on any atom is 0.353 e. The molecular formula is C22H22N6O3S. The number of hydrogen-bond acceptors (Lipinski definition) is 9. The third kappa shape index (κ3) is 4.92. The van der Waals surface area contributed by atoms with E-state index in [1.807, 2.05) is 37.3 Å². The van der Waals surface area contributed by atoms with Crippen molar-refractivity contribution in [2.75, 3.05) is 17.2 Å². The van der Waals surface area contributed by atoms with Crippen molar-refractivity contribution in [1.29, 1.82) is 0 Å². The number of unbranched alkanes of at least 4 members (excludes halogenated alkanes) is 1. The van der Waals surface area contributed by atoms with Gasteiger partial charge in [0, 0.05) is 5.69 Å². The summed E-state index contributed by atoms with van der Waals surface area (Å²) in [7, 11) is 0. The Morgan fingerprint density at radius 2 is 1.84 bits per heavy atom. The Morgan fingerprint density at radius 3 is 2.56 bits per heavy atom. The topological polar surface area (TPSA) is 115 Å². The Bertz CT molecular complexity index is 1240. The number of benzene rings is 2. The monoisotopic (exact) mass is 450 g/mol. The molecule has 32 heavy (non-hydrogen) atoms. The van der Waals surface area contributed by atoms with Crippen LogP contribution in [0.25, 0.3) is 10.2 Å². The quantitative estimate of drug-likeness (QED) is 0.182. The number of thiazole rings is 1. The number of rotatable bonds is 9. The van der Waals surface area contributed by atoms with Crippen molar-refractivity contribution in [3.63, 3.8) is 0 Å². The lowest BCUT2D eigenvalue weighted by Gasteiger charge is -2.10. The van der Waals surface area contributed by atoms with Crippen LogP contribution >= 0.6 is 11.3 Å². The van der Waals surface area contributed by atoms with Gasteiger partial charge in [0.25, 0.3) is 0 Å². The van der Waals surface area contributed by atoms with Gasteiger partial charge in [-0.15, -0.1) is 0 Å². The number of aromatic nitrogens is 3. The van der Waals surface area contributed by atoms with Crippen LogP contribution in [0.4, 0.5) is 28.1 Å². The summed E-state index contributed by atoms with van der Waals surface area (Å²) in [5, 5.41) is 18.4. The number of ether oxygens (including phenoxy) is 1. The highest BCUT2D eigenvalue weighted by molar-refractivity contribution is 7.22. The summed E-state index contributed by atoms with van der Waals surface area (Å²) in [5.41, 5.74) is 2.33. The SMILES string of the molecule is CCCCOc1ccc(Nc2ncnc(Nc3nc4ccc(C)cc4s3)c2[N+](=O)[O-])cc1. The van der Waals surface area contributed by atoms with Crippen LogP contribution in [0.3, 0.4) is 0 Å². The first-order valence-electron chi connectivity index (χ1n) is 10.2. The van der Waals surface area contributed by atoms with Gasteiger partial charge in [-0.2, -0.15) is 0 Å². The zero-order valence-corrected chi connectivity index (χ0v) is 18.5. The molecule has 2 heterocycles. The molecule has 0 saturated heterocycles. The van der Waals surface area contributed by atoms with E-state index in [2.05, 4.69) is 32.5 Å². The first-order chi connectivity index (χ1) is 15.5. The Balaban J connectivity index is 1.57. The van der Waals surface area contributed by atoms with Gasteiger partial charge in [-0.1, -0.05) is 30.7 Å². The fourth-order valence-electron chi connectivity index (χ4n) is 3.03. The molecule has 0 bridgehead atoms. The first kappa shape index (κ1) is 21.4. The minimum atomic E-state index is -0.510. The Morgan fingerprint density at radius 1 is 1.09 bits per heavy atom. The summed E-state index contributed by atoms with van der Waals surface area (Å²) >= 11 is 1.41. The second kappa shape index (κ2) is 9.56. The van der Waals surface area contributed by atoms with Crippen LogP contribution in [-0.4, -0.2) is 26.5 Å². The van der Waals surface area contributed by atoms with Crippen LogP contribution in [0.2, 0.25) is 0 Å². The molecule has 0 amide bonds. The summed E-state index contributed by atoms with van der Waals surface area (Å²) in [6, 6.07) is 13.1. The second-order valence-corrected chi connectivity index (χ2v) is 8.17. The van der Waals surface area contributed by atoms with Gasteiger partial charge >= 0.3 is 5.69 Å². The molecule has 0 fully saturated rings. The van der Waals surface area contributed by atoms with Crippen LogP contribution in [0.15, 0.2) is 48.8 Å². The molecule has 2 aromatic heterocycles. The largest absolute Gasteiger partial charge is 0.494 e. The molecule has 2 aromatic carbocycles. The lowest BCUT2D eigenvalue weighted by molar-refractivity contribution is -0.383. The first-order valence-corrected chi connectivity index (χ1v) is 11.0. The Hall–Kier alpha value is -3.79. The molecule has 4 aromatic rings. The molecule has 164 valence electrons. The number of aryl methyl sites for hydroxylation is 1. The summed E-state index contributed by atoms with van der Waals surface area (Å²) in [5.74, 6) is 0.904. The van der Waals surface area contributed by atoms with Gasteiger partial charge < -0.3 is 15.4 Å². The molecule has 0 radical (unpaired) electrons. The third-order valence-electron chi connectivity index (χ3n) is 4.66. The minimum Gasteiger partial charge on any atom is -0.494 e. The summed E-state index contributed by atoms with van der Waals surface area (Å²) in [6.07, 6.45) is 3.32. The number of nitrogens with zero attached hydrogens (tertiary/aromatic N) is 4. The average molecular weight is 451 g/mol. The van der Waals surface area contributed by atoms with E-state index in [1.165, 1.54) is 17.7 Å². The van der Waals surface area contributed by atoms with Crippen LogP contribution < -0.4 is 15.4 Å². The molecule has 0 aliphatic heterocycles. The van der Waals surface area contributed by atoms with Crippen molar-refractivity contribution in [1.82, 2.24) is 15.0 Å². The minimum absolute atomic E-state index is 0.0720. The van der Waals surface area contributed by atoms with Crippen LogP contribution in [0.1, 0.15) is 25.3 Å². The van der Waals surface area contributed by atoms with Crippen LogP contribution in [-0.2, 0) is 0 Å². The van der Waals surface area contributed by atoms with Gasteiger partial charge in [-0.25, -0.2) is 15.0 Å².